The van der Waals surface area contributed by atoms with Crippen molar-refractivity contribution in [2.45, 2.75) is 64.0 Å². The van der Waals surface area contributed by atoms with Crippen LogP contribution in [-0.2, 0) is 4.74 Å². The van der Waals surface area contributed by atoms with Gasteiger partial charge in [-0.05, 0) is 71.1 Å². The Morgan fingerprint density at radius 1 is 1.17 bits per heavy atom. The van der Waals surface area contributed by atoms with Crippen LogP contribution in [0.15, 0.2) is 0 Å². The Morgan fingerprint density at radius 2 is 2.00 bits per heavy atom. The summed E-state index contributed by atoms with van der Waals surface area (Å²) in [4.78, 5) is 2.60. The molecule has 3 heteroatoms. The van der Waals surface area contributed by atoms with Crippen molar-refractivity contribution in [2.24, 2.45) is 0 Å². The average molecular weight is 254 g/mol. The molecule has 0 aromatic carbocycles. The van der Waals surface area contributed by atoms with Crippen molar-refractivity contribution in [3.05, 3.63) is 0 Å². The lowest BCUT2D eigenvalue weighted by atomic mass is 10.0. The molecule has 0 saturated carbocycles. The molecule has 0 bridgehead atoms. The molecule has 2 aliphatic rings. The van der Waals surface area contributed by atoms with Gasteiger partial charge >= 0.3 is 0 Å². The first-order chi connectivity index (χ1) is 8.88. The van der Waals surface area contributed by atoms with E-state index in [4.69, 9.17) is 4.74 Å². The number of nitrogens with zero attached hydrogens (tertiary/aromatic N) is 1. The average Bonchev–Trinajstić information content (AvgIpc) is 2.42. The Bertz CT molecular complexity index is 209. The van der Waals surface area contributed by atoms with Crippen LogP contribution in [0.25, 0.3) is 0 Å². The molecule has 0 aromatic rings. The van der Waals surface area contributed by atoms with Crippen molar-refractivity contribution in [2.75, 3.05) is 32.8 Å². The summed E-state index contributed by atoms with van der Waals surface area (Å²) in [6, 6.07) is 0.752. The van der Waals surface area contributed by atoms with E-state index in [0.29, 0.717) is 6.10 Å². The lowest BCUT2D eigenvalue weighted by Crippen LogP contribution is -2.43. The van der Waals surface area contributed by atoms with Crippen LogP contribution in [0.1, 0.15) is 51.9 Å². The summed E-state index contributed by atoms with van der Waals surface area (Å²) in [7, 11) is 0. The predicted molar refractivity (Wildman–Crippen MR) is 76.0 cm³/mol. The van der Waals surface area contributed by atoms with Gasteiger partial charge in [-0.2, -0.15) is 0 Å². The number of piperidine rings is 1. The normalized spacial score (nSPS) is 27.5. The Labute approximate surface area is 112 Å². The quantitative estimate of drug-likeness (QED) is 0.788. The van der Waals surface area contributed by atoms with Crippen molar-refractivity contribution in [1.82, 2.24) is 10.2 Å². The Balaban J connectivity index is 1.52. The molecule has 106 valence electrons. The smallest absolute Gasteiger partial charge is 0.0587 e. The fraction of sp³-hybridized carbons (Fsp3) is 1.00. The van der Waals surface area contributed by atoms with Gasteiger partial charge in [0.05, 0.1) is 6.10 Å². The van der Waals surface area contributed by atoms with Crippen LogP contribution in [-0.4, -0.2) is 49.8 Å². The summed E-state index contributed by atoms with van der Waals surface area (Å²) in [5.74, 6) is 0. The Hall–Kier alpha value is -0.120. The van der Waals surface area contributed by atoms with Gasteiger partial charge in [0, 0.05) is 12.6 Å². The second kappa shape index (κ2) is 8.13. The van der Waals surface area contributed by atoms with Crippen LogP contribution in [0.2, 0.25) is 0 Å². The van der Waals surface area contributed by atoms with E-state index >= 15 is 0 Å². The maximum Gasteiger partial charge on any atom is 0.0587 e. The van der Waals surface area contributed by atoms with Crippen LogP contribution in [0, 0.1) is 0 Å². The minimum Gasteiger partial charge on any atom is -0.378 e. The molecule has 1 N–H and O–H groups in total. The zero-order chi connectivity index (χ0) is 12.6. The first-order valence-corrected chi connectivity index (χ1v) is 7.96. The zero-order valence-electron chi connectivity index (χ0n) is 12.0. The van der Waals surface area contributed by atoms with Gasteiger partial charge in [0.1, 0.15) is 0 Å². The molecular formula is C15H30N2O. The van der Waals surface area contributed by atoms with E-state index in [1.165, 1.54) is 64.6 Å². The monoisotopic (exact) mass is 254 g/mol. The van der Waals surface area contributed by atoms with E-state index in [2.05, 4.69) is 17.1 Å². The van der Waals surface area contributed by atoms with Gasteiger partial charge in [0.2, 0.25) is 0 Å². The number of likely N-dealkylation sites (tertiary alicyclic amines) is 1. The Morgan fingerprint density at radius 3 is 2.67 bits per heavy atom. The first-order valence-electron chi connectivity index (χ1n) is 7.96. The van der Waals surface area contributed by atoms with Gasteiger partial charge < -0.3 is 15.0 Å². The molecule has 0 aliphatic carbocycles. The minimum absolute atomic E-state index is 0.534. The van der Waals surface area contributed by atoms with Crippen LogP contribution < -0.4 is 5.32 Å². The summed E-state index contributed by atoms with van der Waals surface area (Å²) in [6.45, 7) is 8.25. The molecule has 3 nitrogen and oxygen atoms in total. The molecule has 18 heavy (non-hydrogen) atoms. The van der Waals surface area contributed by atoms with E-state index in [0.717, 1.165) is 19.2 Å². The maximum atomic E-state index is 5.77. The maximum absolute atomic E-state index is 5.77. The van der Waals surface area contributed by atoms with Gasteiger partial charge in [-0.25, -0.2) is 0 Å². The summed E-state index contributed by atoms with van der Waals surface area (Å²) in [5, 5.41) is 3.72. The standard InChI is InChI=1S/C15H30N2O/c1-2-10-17-11-7-14(8-12-17)16-9-6-15-5-3-4-13-18-15/h14-16H,2-13H2,1H3. The Kier molecular flexibility index (Phi) is 6.46. The topological polar surface area (TPSA) is 24.5 Å². The van der Waals surface area contributed by atoms with E-state index in [1.54, 1.807) is 0 Å². The highest BCUT2D eigenvalue weighted by Gasteiger charge is 2.19. The molecule has 1 unspecified atom stereocenters. The van der Waals surface area contributed by atoms with E-state index in [9.17, 15) is 0 Å². The summed E-state index contributed by atoms with van der Waals surface area (Å²) in [6.07, 6.45) is 9.58. The van der Waals surface area contributed by atoms with Gasteiger partial charge in [-0.1, -0.05) is 6.92 Å². The van der Waals surface area contributed by atoms with Gasteiger partial charge in [0.15, 0.2) is 0 Å². The number of ether oxygens (including phenoxy) is 1. The molecule has 2 saturated heterocycles. The molecule has 0 spiro atoms. The summed E-state index contributed by atoms with van der Waals surface area (Å²) >= 11 is 0. The number of nitrogens with one attached hydrogen (secondary N) is 1. The van der Waals surface area contributed by atoms with E-state index in [-0.39, 0.29) is 0 Å². The summed E-state index contributed by atoms with van der Waals surface area (Å²) in [5.41, 5.74) is 0. The fourth-order valence-electron chi connectivity index (χ4n) is 3.16. The molecule has 0 radical (unpaired) electrons. The predicted octanol–water partition coefficient (Wildman–Crippen LogP) is 2.41. The highest BCUT2D eigenvalue weighted by Crippen LogP contribution is 2.16. The van der Waals surface area contributed by atoms with Crippen molar-refractivity contribution in [1.29, 1.82) is 0 Å². The SMILES string of the molecule is CCCN1CCC(NCCC2CCCCO2)CC1. The second-order valence-corrected chi connectivity index (χ2v) is 5.85. The molecule has 0 aromatic heterocycles. The molecule has 2 fully saturated rings. The highest BCUT2D eigenvalue weighted by atomic mass is 16.5. The third-order valence-corrected chi connectivity index (χ3v) is 4.30. The van der Waals surface area contributed by atoms with Crippen molar-refractivity contribution >= 4 is 0 Å². The molecule has 2 rings (SSSR count). The van der Waals surface area contributed by atoms with E-state index in [1.807, 2.05) is 0 Å². The van der Waals surface area contributed by atoms with Crippen molar-refractivity contribution in [3.8, 4) is 0 Å². The zero-order valence-corrected chi connectivity index (χ0v) is 12.0. The number of hydrogen-bond donors (Lipinski definition) is 1. The molecule has 2 aliphatic heterocycles. The third-order valence-electron chi connectivity index (χ3n) is 4.30. The number of rotatable bonds is 6. The first kappa shape index (κ1) is 14.3. The second-order valence-electron chi connectivity index (χ2n) is 5.85. The largest absolute Gasteiger partial charge is 0.378 e. The lowest BCUT2D eigenvalue weighted by molar-refractivity contribution is 0.0108. The van der Waals surface area contributed by atoms with Gasteiger partial charge in [0.25, 0.3) is 0 Å². The number of hydrogen-bond acceptors (Lipinski definition) is 3. The molecule has 1 atom stereocenters. The fourth-order valence-corrected chi connectivity index (χ4v) is 3.16. The van der Waals surface area contributed by atoms with Gasteiger partial charge in [-0.15, -0.1) is 0 Å². The van der Waals surface area contributed by atoms with Crippen LogP contribution in [0.5, 0.6) is 0 Å². The van der Waals surface area contributed by atoms with Gasteiger partial charge in [-0.3, -0.25) is 0 Å². The van der Waals surface area contributed by atoms with E-state index < -0.39 is 0 Å². The molecular weight excluding hydrogens is 224 g/mol. The molecule has 0 amide bonds. The summed E-state index contributed by atoms with van der Waals surface area (Å²) < 4.78 is 5.77. The van der Waals surface area contributed by atoms with Crippen molar-refractivity contribution < 1.29 is 4.74 Å². The minimum atomic E-state index is 0.534. The van der Waals surface area contributed by atoms with Crippen molar-refractivity contribution in [3.63, 3.8) is 0 Å². The van der Waals surface area contributed by atoms with Crippen LogP contribution in [0.3, 0.4) is 0 Å². The third kappa shape index (κ3) is 4.87. The van der Waals surface area contributed by atoms with Crippen LogP contribution >= 0.6 is 0 Å². The highest BCUT2D eigenvalue weighted by molar-refractivity contribution is 4.77. The molecule has 2 heterocycles. The lowest BCUT2D eigenvalue weighted by Gasteiger charge is -2.32. The van der Waals surface area contributed by atoms with Crippen LogP contribution in [0.4, 0.5) is 0 Å².